The highest BCUT2D eigenvalue weighted by atomic mass is 16.7. The van der Waals surface area contributed by atoms with E-state index in [0.717, 1.165) is 0 Å². The zero-order valence-electron chi connectivity index (χ0n) is 13.0. The molecule has 0 atom stereocenters. The SMILES string of the molecule is C=C(C)C(=O)OCOc1ccc(C(=O)c2ccccc2O)c(O)c1. The summed E-state index contributed by atoms with van der Waals surface area (Å²) >= 11 is 0. The topological polar surface area (TPSA) is 93.1 Å². The summed E-state index contributed by atoms with van der Waals surface area (Å²) in [5, 5.41) is 19.7. The Morgan fingerprint density at radius 2 is 1.71 bits per heavy atom. The fraction of sp³-hybridized carbons (Fsp3) is 0.111. The molecule has 0 heterocycles. The number of hydrogen-bond acceptors (Lipinski definition) is 6. The van der Waals surface area contributed by atoms with Gasteiger partial charge in [0.1, 0.15) is 17.2 Å². The molecular formula is C18H16O6. The predicted molar refractivity (Wildman–Crippen MR) is 86.0 cm³/mol. The summed E-state index contributed by atoms with van der Waals surface area (Å²) in [5.41, 5.74) is 0.338. The van der Waals surface area contributed by atoms with Gasteiger partial charge in [-0.15, -0.1) is 0 Å². The molecule has 2 aromatic rings. The van der Waals surface area contributed by atoms with Crippen molar-refractivity contribution in [3.8, 4) is 17.2 Å². The van der Waals surface area contributed by atoms with Crippen LogP contribution in [0.3, 0.4) is 0 Å². The van der Waals surface area contributed by atoms with E-state index in [2.05, 4.69) is 6.58 Å². The number of ether oxygens (including phenoxy) is 2. The van der Waals surface area contributed by atoms with Crippen molar-refractivity contribution in [3.63, 3.8) is 0 Å². The van der Waals surface area contributed by atoms with E-state index in [1.54, 1.807) is 12.1 Å². The second kappa shape index (κ2) is 7.32. The predicted octanol–water partition coefficient (Wildman–Crippen LogP) is 2.78. The van der Waals surface area contributed by atoms with Crippen LogP contribution in [0.25, 0.3) is 0 Å². The quantitative estimate of drug-likeness (QED) is 0.366. The summed E-state index contributed by atoms with van der Waals surface area (Å²) in [6, 6.07) is 10.1. The monoisotopic (exact) mass is 328 g/mol. The van der Waals surface area contributed by atoms with E-state index < -0.39 is 11.8 Å². The number of carbonyl (C=O) groups excluding carboxylic acids is 2. The minimum absolute atomic E-state index is 0.0165. The third-order valence-electron chi connectivity index (χ3n) is 3.13. The van der Waals surface area contributed by atoms with Gasteiger partial charge in [-0.25, -0.2) is 4.79 Å². The Labute approximate surface area is 138 Å². The van der Waals surface area contributed by atoms with Crippen LogP contribution in [-0.2, 0) is 9.53 Å². The molecule has 0 saturated carbocycles. The molecule has 0 aliphatic rings. The lowest BCUT2D eigenvalue weighted by molar-refractivity contribution is -0.145. The van der Waals surface area contributed by atoms with Crippen LogP contribution in [0.1, 0.15) is 22.8 Å². The second-order valence-electron chi connectivity index (χ2n) is 5.00. The van der Waals surface area contributed by atoms with Crippen LogP contribution >= 0.6 is 0 Å². The first-order valence-corrected chi connectivity index (χ1v) is 7.01. The van der Waals surface area contributed by atoms with Crippen molar-refractivity contribution in [1.29, 1.82) is 0 Å². The Balaban J connectivity index is 2.10. The summed E-state index contributed by atoms with van der Waals surface area (Å²) in [4.78, 5) is 23.6. The lowest BCUT2D eigenvalue weighted by Crippen LogP contribution is -2.10. The van der Waals surface area contributed by atoms with E-state index in [-0.39, 0.29) is 40.7 Å². The van der Waals surface area contributed by atoms with Crippen LogP contribution in [0.4, 0.5) is 0 Å². The van der Waals surface area contributed by atoms with Crippen LogP contribution in [-0.4, -0.2) is 28.8 Å². The Morgan fingerprint density at radius 3 is 2.33 bits per heavy atom. The summed E-state index contributed by atoms with van der Waals surface area (Å²) < 4.78 is 9.93. The number of rotatable bonds is 6. The fourth-order valence-corrected chi connectivity index (χ4v) is 1.88. The molecule has 0 aromatic heterocycles. The average molecular weight is 328 g/mol. The van der Waals surface area contributed by atoms with Gasteiger partial charge in [0.15, 0.2) is 5.78 Å². The van der Waals surface area contributed by atoms with Crippen molar-refractivity contribution < 1.29 is 29.3 Å². The van der Waals surface area contributed by atoms with Crippen molar-refractivity contribution in [3.05, 3.63) is 65.7 Å². The molecule has 0 bridgehead atoms. The maximum atomic E-state index is 12.3. The van der Waals surface area contributed by atoms with Crippen LogP contribution in [0.5, 0.6) is 17.2 Å². The number of para-hydroxylation sites is 1. The molecule has 0 unspecified atom stereocenters. The molecule has 6 nitrogen and oxygen atoms in total. The van der Waals surface area contributed by atoms with E-state index in [1.165, 1.54) is 37.3 Å². The number of carbonyl (C=O) groups is 2. The van der Waals surface area contributed by atoms with Gasteiger partial charge in [0.2, 0.25) is 6.79 Å². The molecular weight excluding hydrogens is 312 g/mol. The zero-order valence-corrected chi connectivity index (χ0v) is 13.0. The molecule has 0 spiro atoms. The van der Waals surface area contributed by atoms with E-state index >= 15 is 0 Å². The first-order chi connectivity index (χ1) is 11.4. The van der Waals surface area contributed by atoms with Crippen LogP contribution < -0.4 is 4.74 Å². The number of esters is 1. The summed E-state index contributed by atoms with van der Waals surface area (Å²) in [7, 11) is 0. The van der Waals surface area contributed by atoms with E-state index in [1.807, 2.05) is 0 Å². The minimum atomic E-state index is -0.592. The van der Waals surface area contributed by atoms with Gasteiger partial charge in [0.05, 0.1) is 11.1 Å². The van der Waals surface area contributed by atoms with Crippen molar-refractivity contribution >= 4 is 11.8 Å². The van der Waals surface area contributed by atoms with Gasteiger partial charge < -0.3 is 19.7 Å². The van der Waals surface area contributed by atoms with Crippen molar-refractivity contribution in [2.45, 2.75) is 6.92 Å². The number of aromatic hydroxyl groups is 2. The van der Waals surface area contributed by atoms with Crippen molar-refractivity contribution in [2.24, 2.45) is 0 Å². The highest BCUT2D eigenvalue weighted by Gasteiger charge is 2.17. The first kappa shape index (κ1) is 17.1. The van der Waals surface area contributed by atoms with Gasteiger partial charge in [-0.05, 0) is 31.2 Å². The largest absolute Gasteiger partial charge is 0.507 e. The normalized spacial score (nSPS) is 10.0. The van der Waals surface area contributed by atoms with Gasteiger partial charge in [-0.3, -0.25) is 4.79 Å². The molecule has 2 N–H and O–H groups in total. The number of phenols is 2. The highest BCUT2D eigenvalue weighted by Crippen LogP contribution is 2.28. The standard InChI is InChI=1S/C18H16O6/c1-11(2)18(22)24-10-23-12-7-8-14(16(20)9-12)17(21)13-5-3-4-6-15(13)19/h3-9,19-20H,1,10H2,2H3. The molecule has 0 radical (unpaired) electrons. The van der Waals surface area contributed by atoms with E-state index in [4.69, 9.17) is 9.47 Å². The average Bonchev–Trinajstić information content (AvgIpc) is 2.54. The Kier molecular flexibility index (Phi) is 5.21. The molecule has 6 heteroatoms. The lowest BCUT2D eigenvalue weighted by atomic mass is 10.0. The second-order valence-corrected chi connectivity index (χ2v) is 5.00. The van der Waals surface area contributed by atoms with E-state index in [9.17, 15) is 19.8 Å². The molecule has 0 saturated heterocycles. The third kappa shape index (κ3) is 3.92. The smallest absolute Gasteiger partial charge is 0.335 e. The Hall–Kier alpha value is -3.28. The van der Waals surface area contributed by atoms with Gasteiger partial charge in [-0.1, -0.05) is 18.7 Å². The van der Waals surface area contributed by atoms with Crippen molar-refractivity contribution in [2.75, 3.05) is 6.79 Å². The third-order valence-corrected chi connectivity index (χ3v) is 3.13. The molecule has 2 aromatic carbocycles. The van der Waals surface area contributed by atoms with Crippen LogP contribution in [0.15, 0.2) is 54.6 Å². The highest BCUT2D eigenvalue weighted by molar-refractivity contribution is 6.12. The Morgan fingerprint density at radius 1 is 1.04 bits per heavy atom. The molecule has 124 valence electrons. The lowest BCUT2D eigenvalue weighted by Gasteiger charge is -2.10. The van der Waals surface area contributed by atoms with Gasteiger partial charge in [0, 0.05) is 11.6 Å². The molecule has 0 fully saturated rings. The van der Waals surface area contributed by atoms with Gasteiger partial charge in [0.25, 0.3) is 0 Å². The number of hydrogen-bond donors (Lipinski definition) is 2. The van der Waals surface area contributed by atoms with Gasteiger partial charge >= 0.3 is 5.97 Å². The fourth-order valence-electron chi connectivity index (χ4n) is 1.88. The molecule has 0 aliphatic heterocycles. The zero-order chi connectivity index (χ0) is 17.7. The maximum Gasteiger partial charge on any atom is 0.335 e. The van der Waals surface area contributed by atoms with Gasteiger partial charge in [-0.2, -0.15) is 0 Å². The molecule has 0 amide bonds. The molecule has 2 rings (SSSR count). The van der Waals surface area contributed by atoms with Crippen LogP contribution in [0.2, 0.25) is 0 Å². The number of phenolic OH excluding ortho intramolecular Hbond substituents is 2. The van der Waals surface area contributed by atoms with Crippen LogP contribution in [0, 0.1) is 0 Å². The molecule has 24 heavy (non-hydrogen) atoms. The summed E-state index contributed by atoms with van der Waals surface area (Å²) in [5.74, 6) is -1.38. The number of benzene rings is 2. The first-order valence-electron chi connectivity index (χ1n) is 7.01. The molecule has 0 aliphatic carbocycles. The Bertz CT molecular complexity index is 794. The van der Waals surface area contributed by atoms with Crippen molar-refractivity contribution in [1.82, 2.24) is 0 Å². The summed E-state index contributed by atoms with van der Waals surface area (Å²) in [6.45, 7) is 4.59. The minimum Gasteiger partial charge on any atom is -0.507 e. The summed E-state index contributed by atoms with van der Waals surface area (Å²) in [6.07, 6.45) is 0. The maximum absolute atomic E-state index is 12.3. The number of ketones is 1. The van der Waals surface area contributed by atoms with E-state index in [0.29, 0.717) is 0 Å².